The fourth-order valence-corrected chi connectivity index (χ4v) is 5.35. The maximum absolute atomic E-state index is 12.0. The predicted molar refractivity (Wildman–Crippen MR) is 128 cm³/mol. The predicted octanol–water partition coefficient (Wildman–Crippen LogP) is 5.82. The van der Waals surface area contributed by atoms with E-state index in [1.165, 1.54) is 77.6 Å². The second-order valence-electron chi connectivity index (χ2n) is 10.3. The minimum absolute atomic E-state index is 0.0659. The Morgan fingerprint density at radius 2 is 1.12 bits per heavy atom. The lowest BCUT2D eigenvalue weighted by atomic mass is 9.38. The van der Waals surface area contributed by atoms with E-state index < -0.39 is 0 Å². The van der Waals surface area contributed by atoms with Gasteiger partial charge in [0.2, 0.25) is 0 Å². The van der Waals surface area contributed by atoms with E-state index in [1.54, 1.807) is 6.92 Å². The van der Waals surface area contributed by atoms with Gasteiger partial charge in [-0.3, -0.25) is 9.59 Å². The molecule has 0 aliphatic heterocycles. The normalized spacial score (nSPS) is 23.1. The first-order valence-electron chi connectivity index (χ1n) is 13.1. The highest BCUT2D eigenvalue weighted by molar-refractivity contribution is 5.88. The summed E-state index contributed by atoms with van der Waals surface area (Å²) in [5.74, 6) is 0.106. The topological polar surface area (TPSA) is 84.5 Å². The molecule has 0 heterocycles. The van der Waals surface area contributed by atoms with Crippen LogP contribution in [-0.4, -0.2) is 36.5 Å². The summed E-state index contributed by atoms with van der Waals surface area (Å²) in [4.78, 5) is 34.2. The van der Waals surface area contributed by atoms with Gasteiger partial charge in [0.05, 0.1) is 6.61 Å². The fourth-order valence-electron chi connectivity index (χ4n) is 5.35. The van der Waals surface area contributed by atoms with Crippen LogP contribution in [0.2, 0.25) is 0 Å². The number of esters is 1. The van der Waals surface area contributed by atoms with E-state index >= 15 is 0 Å². The molecule has 2 bridgehead atoms. The van der Waals surface area contributed by atoms with Crippen molar-refractivity contribution in [3.63, 3.8) is 0 Å². The summed E-state index contributed by atoms with van der Waals surface area (Å²) in [6, 6.07) is -0.0659. The summed E-state index contributed by atoms with van der Waals surface area (Å²) in [6.45, 7) is 4.45. The van der Waals surface area contributed by atoms with E-state index in [4.69, 9.17) is 4.74 Å². The largest absolute Gasteiger partial charge is 0.466 e. The summed E-state index contributed by atoms with van der Waals surface area (Å²) in [5.41, 5.74) is -0.177. The van der Waals surface area contributed by atoms with Crippen molar-refractivity contribution < 1.29 is 19.1 Å². The molecule has 3 aliphatic rings. The van der Waals surface area contributed by atoms with E-state index in [2.05, 4.69) is 10.6 Å². The zero-order valence-corrected chi connectivity index (χ0v) is 20.6. The number of rotatable bonds is 19. The molecule has 0 atom stereocenters. The summed E-state index contributed by atoms with van der Waals surface area (Å²) in [5, 5.41) is 6.05. The summed E-state index contributed by atoms with van der Waals surface area (Å²) in [6.07, 6.45) is 20.0. The summed E-state index contributed by atoms with van der Waals surface area (Å²) in [7, 11) is 0. The first kappa shape index (κ1) is 26.7. The summed E-state index contributed by atoms with van der Waals surface area (Å²) < 4.78 is 4.94. The Bertz CT molecular complexity index is 585. The third kappa shape index (κ3) is 9.11. The average Bonchev–Trinajstić information content (AvgIpc) is 2.68. The van der Waals surface area contributed by atoms with Crippen LogP contribution in [0.1, 0.15) is 123 Å². The lowest BCUT2D eigenvalue weighted by molar-refractivity contribution is -0.173. The Morgan fingerprint density at radius 3 is 1.56 bits per heavy atom. The fraction of sp³-hybridized carbons (Fsp3) is 0.885. The molecule has 0 unspecified atom stereocenters. The molecular weight excluding hydrogens is 404 g/mol. The Balaban J connectivity index is 1.25. The molecule has 6 heteroatoms. The molecule has 0 radical (unpaired) electrons. The Kier molecular flexibility index (Phi) is 11.5. The Labute approximate surface area is 195 Å². The second kappa shape index (κ2) is 13.8. The van der Waals surface area contributed by atoms with Crippen LogP contribution in [0.15, 0.2) is 0 Å². The van der Waals surface area contributed by atoms with Crippen LogP contribution in [0.3, 0.4) is 0 Å². The van der Waals surface area contributed by atoms with Gasteiger partial charge >= 0.3 is 12.0 Å². The van der Waals surface area contributed by atoms with Crippen molar-refractivity contribution >= 4 is 17.8 Å². The molecule has 0 saturated heterocycles. The average molecular weight is 451 g/mol. The SMILES string of the molecule is CC(=O)OCCCCCCCCCCCCCCCCNC(=O)NC12CC(C(C)=O)(C1)C2. The van der Waals surface area contributed by atoms with E-state index in [0.717, 1.165) is 45.1 Å². The highest BCUT2D eigenvalue weighted by Gasteiger charge is 2.70. The van der Waals surface area contributed by atoms with Crippen LogP contribution in [0.5, 0.6) is 0 Å². The molecule has 3 fully saturated rings. The maximum Gasteiger partial charge on any atom is 0.315 e. The number of amides is 2. The van der Waals surface area contributed by atoms with Crippen molar-refractivity contribution in [2.45, 2.75) is 129 Å². The molecule has 2 N–H and O–H groups in total. The molecule has 6 nitrogen and oxygen atoms in total. The standard InChI is InChI=1S/C26H46N2O4/c1-22(29)25-19-26(20-25,21-25)28-24(31)27-17-15-13-11-9-7-5-3-4-6-8-10-12-14-16-18-32-23(2)30/h3-21H2,1-2H3,(H2,27,28,31). The first-order chi connectivity index (χ1) is 15.4. The zero-order chi connectivity index (χ0) is 23.3. The van der Waals surface area contributed by atoms with Gasteiger partial charge in [-0.05, 0) is 39.0 Å². The monoisotopic (exact) mass is 450 g/mol. The minimum Gasteiger partial charge on any atom is -0.466 e. The molecule has 0 aromatic heterocycles. The lowest BCUT2D eigenvalue weighted by Gasteiger charge is -2.69. The number of carbonyl (C=O) groups is 3. The highest BCUT2D eigenvalue weighted by Crippen LogP contribution is 2.67. The van der Waals surface area contributed by atoms with E-state index in [9.17, 15) is 14.4 Å². The van der Waals surface area contributed by atoms with Crippen molar-refractivity contribution in [1.82, 2.24) is 10.6 Å². The molecule has 0 aromatic rings. The lowest BCUT2D eigenvalue weighted by Crippen LogP contribution is -2.77. The molecule has 3 rings (SSSR count). The molecule has 2 amide bonds. The molecular formula is C26H46N2O4. The van der Waals surface area contributed by atoms with Crippen molar-refractivity contribution in [3.8, 4) is 0 Å². The third-order valence-corrected chi connectivity index (χ3v) is 7.32. The van der Waals surface area contributed by atoms with E-state index in [1.807, 2.05) is 0 Å². The summed E-state index contributed by atoms with van der Waals surface area (Å²) >= 11 is 0. The van der Waals surface area contributed by atoms with Gasteiger partial charge in [-0.15, -0.1) is 0 Å². The number of hydrogen-bond donors (Lipinski definition) is 2. The Hall–Kier alpha value is -1.59. The van der Waals surface area contributed by atoms with Crippen LogP contribution >= 0.6 is 0 Å². The molecule has 32 heavy (non-hydrogen) atoms. The van der Waals surface area contributed by atoms with Gasteiger partial charge in [0.1, 0.15) is 5.78 Å². The van der Waals surface area contributed by atoms with Gasteiger partial charge in [0.15, 0.2) is 0 Å². The van der Waals surface area contributed by atoms with Crippen LogP contribution in [0.4, 0.5) is 4.79 Å². The minimum atomic E-state index is -0.174. The molecule has 184 valence electrons. The Morgan fingerprint density at radius 1 is 0.688 bits per heavy atom. The van der Waals surface area contributed by atoms with Crippen LogP contribution in [0.25, 0.3) is 0 Å². The van der Waals surface area contributed by atoms with Crippen LogP contribution < -0.4 is 10.6 Å². The van der Waals surface area contributed by atoms with Crippen LogP contribution in [0, 0.1) is 5.41 Å². The quantitative estimate of drug-likeness (QED) is 0.192. The maximum atomic E-state index is 12.0. The van der Waals surface area contributed by atoms with Crippen molar-refractivity contribution in [1.29, 1.82) is 0 Å². The zero-order valence-electron chi connectivity index (χ0n) is 20.6. The number of urea groups is 1. The first-order valence-corrected chi connectivity index (χ1v) is 13.1. The number of Topliss-reactive ketones (excluding diaryl/α,β-unsaturated/α-hetero) is 1. The van der Waals surface area contributed by atoms with Crippen molar-refractivity contribution in [2.75, 3.05) is 13.2 Å². The molecule has 3 saturated carbocycles. The number of unbranched alkanes of at least 4 members (excludes halogenated alkanes) is 13. The van der Waals surface area contributed by atoms with E-state index in [0.29, 0.717) is 6.61 Å². The van der Waals surface area contributed by atoms with Crippen molar-refractivity contribution in [2.24, 2.45) is 5.41 Å². The number of ether oxygens (including phenoxy) is 1. The van der Waals surface area contributed by atoms with Crippen LogP contribution in [-0.2, 0) is 14.3 Å². The highest BCUT2D eigenvalue weighted by atomic mass is 16.5. The molecule has 3 aliphatic carbocycles. The van der Waals surface area contributed by atoms with Gasteiger partial charge in [-0.2, -0.15) is 0 Å². The van der Waals surface area contributed by atoms with Gasteiger partial charge < -0.3 is 15.4 Å². The number of ketones is 1. The molecule has 0 aromatic carbocycles. The van der Waals surface area contributed by atoms with Gasteiger partial charge in [0.25, 0.3) is 0 Å². The second-order valence-corrected chi connectivity index (χ2v) is 10.3. The molecule has 0 spiro atoms. The number of nitrogens with one attached hydrogen (secondary N) is 2. The van der Waals surface area contributed by atoms with Crippen molar-refractivity contribution in [3.05, 3.63) is 0 Å². The van der Waals surface area contributed by atoms with E-state index in [-0.39, 0.29) is 28.7 Å². The van der Waals surface area contributed by atoms with Gasteiger partial charge in [-0.1, -0.05) is 77.0 Å². The number of hydrogen-bond acceptors (Lipinski definition) is 4. The third-order valence-electron chi connectivity index (χ3n) is 7.32. The van der Waals surface area contributed by atoms with Gasteiger partial charge in [0, 0.05) is 24.4 Å². The smallest absolute Gasteiger partial charge is 0.315 e. The number of carbonyl (C=O) groups excluding carboxylic acids is 3. The van der Waals surface area contributed by atoms with Gasteiger partial charge in [-0.25, -0.2) is 4.79 Å².